The number of likely N-dealkylation sites (tertiary alicyclic amines) is 1. The maximum absolute atomic E-state index is 12.6. The lowest BCUT2D eigenvalue weighted by molar-refractivity contribution is 0.0467. The summed E-state index contributed by atoms with van der Waals surface area (Å²) in [6.07, 6.45) is 11.1. The summed E-state index contributed by atoms with van der Waals surface area (Å²) in [5, 5.41) is 0. The van der Waals surface area contributed by atoms with Crippen LogP contribution in [0, 0.1) is 0 Å². The molecular weight excluding hydrogens is 304 g/mol. The van der Waals surface area contributed by atoms with Crippen molar-refractivity contribution in [3.63, 3.8) is 0 Å². The number of anilines is 1. The Morgan fingerprint density at radius 3 is 2.75 bits per heavy atom. The molecule has 1 aliphatic carbocycles. The molecule has 0 aromatic carbocycles. The fourth-order valence-electron chi connectivity index (χ4n) is 3.86. The molecule has 0 amide bonds. The molecule has 0 N–H and O–H groups in total. The van der Waals surface area contributed by atoms with Crippen LogP contribution in [-0.2, 0) is 4.74 Å². The smallest absolute Gasteiger partial charge is 0.293 e. The molecule has 3 heterocycles. The third-order valence-corrected chi connectivity index (χ3v) is 5.44. The largest absolute Gasteiger partial charge is 0.375 e. The van der Waals surface area contributed by atoms with Gasteiger partial charge in [-0.05, 0) is 45.2 Å². The Labute approximate surface area is 143 Å². The molecule has 1 aromatic rings. The molecule has 24 heavy (non-hydrogen) atoms. The second-order valence-electron chi connectivity index (χ2n) is 7.32. The van der Waals surface area contributed by atoms with E-state index in [-0.39, 0.29) is 11.7 Å². The van der Waals surface area contributed by atoms with Gasteiger partial charge in [0.25, 0.3) is 5.56 Å². The molecule has 0 bridgehead atoms. The van der Waals surface area contributed by atoms with Crippen molar-refractivity contribution < 1.29 is 4.74 Å². The highest BCUT2D eigenvalue weighted by Crippen LogP contribution is 2.33. The predicted molar refractivity (Wildman–Crippen MR) is 93.6 cm³/mol. The van der Waals surface area contributed by atoms with Crippen LogP contribution in [0.15, 0.2) is 17.2 Å². The second-order valence-corrected chi connectivity index (χ2v) is 7.32. The third-order valence-electron chi connectivity index (χ3n) is 5.44. The average molecular weight is 332 g/mol. The molecule has 1 aromatic heterocycles. The van der Waals surface area contributed by atoms with E-state index in [4.69, 9.17) is 4.74 Å². The van der Waals surface area contributed by atoms with E-state index in [2.05, 4.69) is 14.8 Å². The van der Waals surface area contributed by atoms with Crippen LogP contribution in [0.25, 0.3) is 0 Å². The van der Waals surface area contributed by atoms with E-state index in [1.165, 1.54) is 32.4 Å². The topological polar surface area (TPSA) is 50.6 Å². The van der Waals surface area contributed by atoms with Gasteiger partial charge in [0.1, 0.15) is 0 Å². The van der Waals surface area contributed by atoms with Crippen molar-refractivity contribution in [1.29, 1.82) is 0 Å². The van der Waals surface area contributed by atoms with E-state index in [9.17, 15) is 4.79 Å². The molecule has 4 rings (SSSR count). The van der Waals surface area contributed by atoms with Gasteiger partial charge in [0, 0.05) is 38.1 Å². The number of nitrogens with zero attached hydrogens (tertiary/aromatic N) is 4. The molecule has 1 atom stereocenters. The van der Waals surface area contributed by atoms with Gasteiger partial charge in [-0.1, -0.05) is 6.42 Å². The fourth-order valence-corrected chi connectivity index (χ4v) is 3.86. The van der Waals surface area contributed by atoms with E-state index in [0.29, 0.717) is 11.9 Å². The van der Waals surface area contributed by atoms with Crippen molar-refractivity contribution in [1.82, 2.24) is 14.5 Å². The van der Waals surface area contributed by atoms with Gasteiger partial charge in [-0.2, -0.15) is 0 Å². The zero-order valence-electron chi connectivity index (χ0n) is 14.4. The standard InChI is InChI=1S/C18H28N4O2/c23-18-17(19-7-11-22(18)15-4-5-15)21-10-6-16(14-21)24-13-12-20-8-2-1-3-9-20/h7,11,15-16H,1-6,8-10,12-14H2/t16-/m1/s1. The molecule has 1 saturated carbocycles. The molecular formula is C18H28N4O2. The van der Waals surface area contributed by atoms with Crippen molar-refractivity contribution in [2.45, 2.75) is 50.7 Å². The van der Waals surface area contributed by atoms with Gasteiger partial charge >= 0.3 is 0 Å². The normalized spacial score (nSPS) is 25.3. The highest BCUT2D eigenvalue weighted by atomic mass is 16.5. The lowest BCUT2D eigenvalue weighted by Gasteiger charge is -2.26. The van der Waals surface area contributed by atoms with Crippen LogP contribution in [0.2, 0.25) is 0 Å². The number of piperidine rings is 1. The van der Waals surface area contributed by atoms with Gasteiger partial charge in [0.05, 0.1) is 12.7 Å². The van der Waals surface area contributed by atoms with Crippen molar-refractivity contribution in [2.24, 2.45) is 0 Å². The predicted octanol–water partition coefficient (Wildman–Crippen LogP) is 1.66. The van der Waals surface area contributed by atoms with Crippen LogP contribution in [-0.4, -0.2) is 59.9 Å². The van der Waals surface area contributed by atoms with Crippen LogP contribution in [0.4, 0.5) is 5.82 Å². The van der Waals surface area contributed by atoms with Crippen LogP contribution in [0.3, 0.4) is 0 Å². The Morgan fingerprint density at radius 1 is 1.12 bits per heavy atom. The minimum absolute atomic E-state index is 0.0639. The minimum Gasteiger partial charge on any atom is -0.375 e. The Kier molecular flexibility index (Phi) is 4.85. The van der Waals surface area contributed by atoms with E-state index >= 15 is 0 Å². The van der Waals surface area contributed by atoms with Gasteiger partial charge in [-0.3, -0.25) is 4.79 Å². The zero-order chi connectivity index (χ0) is 16.4. The summed E-state index contributed by atoms with van der Waals surface area (Å²) < 4.78 is 7.92. The first-order valence-electron chi connectivity index (χ1n) is 9.47. The van der Waals surface area contributed by atoms with Gasteiger partial charge < -0.3 is 19.1 Å². The Balaban J connectivity index is 1.28. The number of ether oxygens (including phenoxy) is 1. The first-order valence-corrected chi connectivity index (χ1v) is 9.47. The SMILES string of the molecule is O=c1c(N2CC[C@@H](OCCN3CCCCC3)C2)nccn1C1CC1. The first kappa shape index (κ1) is 16.1. The van der Waals surface area contributed by atoms with Crippen molar-refractivity contribution in [3.8, 4) is 0 Å². The number of rotatable bonds is 6. The molecule has 2 aliphatic heterocycles. The van der Waals surface area contributed by atoms with Gasteiger partial charge in [0.2, 0.25) is 0 Å². The molecule has 0 unspecified atom stereocenters. The maximum atomic E-state index is 12.6. The van der Waals surface area contributed by atoms with Gasteiger partial charge in [0.15, 0.2) is 5.82 Å². The molecule has 6 nitrogen and oxygen atoms in total. The molecule has 132 valence electrons. The highest BCUT2D eigenvalue weighted by molar-refractivity contribution is 5.37. The van der Waals surface area contributed by atoms with E-state index < -0.39 is 0 Å². The molecule has 0 spiro atoms. The van der Waals surface area contributed by atoms with Gasteiger partial charge in [-0.25, -0.2) is 4.98 Å². The fraction of sp³-hybridized carbons (Fsp3) is 0.778. The summed E-state index contributed by atoms with van der Waals surface area (Å²) >= 11 is 0. The minimum atomic E-state index is 0.0639. The molecule has 3 aliphatic rings. The summed E-state index contributed by atoms with van der Waals surface area (Å²) in [4.78, 5) is 21.5. The second kappa shape index (κ2) is 7.23. The lowest BCUT2D eigenvalue weighted by atomic mass is 10.1. The monoisotopic (exact) mass is 332 g/mol. The maximum Gasteiger partial charge on any atom is 0.293 e. The highest BCUT2D eigenvalue weighted by Gasteiger charge is 2.29. The van der Waals surface area contributed by atoms with Crippen molar-refractivity contribution >= 4 is 5.82 Å². The molecule has 2 saturated heterocycles. The number of hydrogen-bond acceptors (Lipinski definition) is 5. The first-order chi connectivity index (χ1) is 11.8. The quantitative estimate of drug-likeness (QED) is 0.793. The Morgan fingerprint density at radius 2 is 1.96 bits per heavy atom. The number of hydrogen-bond donors (Lipinski definition) is 0. The summed E-state index contributed by atoms with van der Waals surface area (Å²) in [6.45, 7) is 5.92. The van der Waals surface area contributed by atoms with Crippen LogP contribution < -0.4 is 10.5 Å². The number of aromatic nitrogens is 2. The van der Waals surface area contributed by atoms with E-state index in [1.54, 1.807) is 6.20 Å². The van der Waals surface area contributed by atoms with E-state index in [0.717, 1.165) is 45.5 Å². The average Bonchev–Trinajstić information content (AvgIpc) is 3.35. The summed E-state index contributed by atoms with van der Waals surface area (Å²) in [5.74, 6) is 0.603. The summed E-state index contributed by atoms with van der Waals surface area (Å²) in [7, 11) is 0. The van der Waals surface area contributed by atoms with Crippen LogP contribution >= 0.6 is 0 Å². The molecule has 6 heteroatoms. The van der Waals surface area contributed by atoms with E-state index in [1.807, 2.05) is 10.8 Å². The zero-order valence-corrected chi connectivity index (χ0v) is 14.4. The third kappa shape index (κ3) is 3.64. The molecule has 3 fully saturated rings. The van der Waals surface area contributed by atoms with Crippen LogP contribution in [0.1, 0.15) is 44.6 Å². The van der Waals surface area contributed by atoms with Crippen LogP contribution in [0.5, 0.6) is 0 Å². The summed E-state index contributed by atoms with van der Waals surface area (Å²) in [6, 6.07) is 0.401. The lowest BCUT2D eigenvalue weighted by Crippen LogP contribution is -2.35. The Bertz CT molecular complexity index is 607. The summed E-state index contributed by atoms with van der Waals surface area (Å²) in [5.41, 5.74) is 0.0639. The van der Waals surface area contributed by atoms with Gasteiger partial charge in [-0.15, -0.1) is 0 Å². The van der Waals surface area contributed by atoms with Crippen molar-refractivity contribution in [2.75, 3.05) is 44.2 Å². The molecule has 0 radical (unpaired) electrons. The Hall–Kier alpha value is -1.40. The van der Waals surface area contributed by atoms with Crippen molar-refractivity contribution in [3.05, 3.63) is 22.7 Å².